The van der Waals surface area contributed by atoms with E-state index in [1.54, 1.807) is 0 Å². The number of pyridine rings is 1. The average molecular weight is 326 g/mol. The molecule has 0 amide bonds. The zero-order valence-corrected chi connectivity index (χ0v) is 14.9. The first kappa shape index (κ1) is 16.6. The van der Waals surface area contributed by atoms with Gasteiger partial charge in [-0.25, -0.2) is 9.97 Å². The minimum Gasteiger partial charge on any atom is -0.311 e. The van der Waals surface area contributed by atoms with Gasteiger partial charge in [-0.2, -0.15) is 11.8 Å². The second kappa shape index (κ2) is 7.01. The zero-order valence-electron chi connectivity index (χ0n) is 13.3. The summed E-state index contributed by atoms with van der Waals surface area (Å²) in [6, 6.07) is 2.02. The lowest BCUT2D eigenvalue weighted by atomic mass is 10.0. The maximum absolute atomic E-state index is 5.97. The first-order valence-electron chi connectivity index (χ1n) is 7.52. The molecule has 3 nitrogen and oxygen atoms in total. The van der Waals surface area contributed by atoms with Crippen LogP contribution in [-0.2, 0) is 13.0 Å². The van der Waals surface area contributed by atoms with Crippen LogP contribution in [0.15, 0.2) is 12.3 Å². The molecule has 21 heavy (non-hydrogen) atoms. The van der Waals surface area contributed by atoms with Crippen molar-refractivity contribution in [2.45, 2.75) is 51.3 Å². The van der Waals surface area contributed by atoms with Crippen LogP contribution >= 0.6 is 23.4 Å². The van der Waals surface area contributed by atoms with Gasteiger partial charge in [-0.05, 0) is 37.7 Å². The minimum absolute atomic E-state index is 0.236. The fraction of sp³-hybridized carbons (Fsp3) is 0.625. The van der Waals surface area contributed by atoms with Crippen LogP contribution < -0.4 is 0 Å². The van der Waals surface area contributed by atoms with Crippen LogP contribution in [-0.4, -0.2) is 31.4 Å². The van der Waals surface area contributed by atoms with E-state index in [0.29, 0.717) is 5.88 Å². The number of thioether (sulfide) groups is 1. The van der Waals surface area contributed by atoms with Gasteiger partial charge in [-0.1, -0.05) is 13.8 Å². The lowest BCUT2D eigenvalue weighted by Gasteiger charge is -2.30. The number of aryl methyl sites for hydroxylation is 2. The molecule has 0 aliphatic heterocycles. The molecule has 0 saturated carbocycles. The molecule has 2 aromatic rings. The summed E-state index contributed by atoms with van der Waals surface area (Å²) in [5.41, 5.74) is 3.19. The predicted molar refractivity (Wildman–Crippen MR) is 93.5 cm³/mol. The highest BCUT2D eigenvalue weighted by molar-refractivity contribution is 8.00. The summed E-state index contributed by atoms with van der Waals surface area (Å²) in [7, 11) is 0. The van der Waals surface area contributed by atoms with E-state index in [1.165, 1.54) is 5.56 Å². The SMILES string of the molecule is CCC(CC)(Cn1c(CCCl)nc2c(C)ccnc21)SC. The summed E-state index contributed by atoms with van der Waals surface area (Å²) in [6.07, 6.45) is 7.13. The summed E-state index contributed by atoms with van der Waals surface area (Å²) >= 11 is 7.92. The molecule has 0 unspecified atom stereocenters. The van der Waals surface area contributed by atoms with Gasteiger partial charge in [0.05, 0.1) is 0 Å². The van der Waals surface area contributed by atoms with Crippen molar-refractivity contribution in [1.29, 1.82) is 0 Å². The lowest BCUT2D eigenvalue weighted by molar-refractivity contribution is 0.463. The largest absolute Gasteiger partial charge is 0.311 e. The molecule has 2 heterocycles. The van der Waals surface area contributed by atoms with Gasteiger partial charge in [0.1, 0.15) is 11.3 Å². The van der Waals surface area contributed by atoms with Crippen molar-refractivity contribution >= 4 is 34.5 Å². The molecule has 0 aromatic carbocycles. The van der Waals surface area contributed by atoms with E-state index in [1.807, 2.05) is 24.0 Å². The second-order valence-electron chi connectivity index (χ2n) is 5.45. The van der Waals surface area contributed by atoms with Crippen molar-refractivity contribution < 1.29 is 0 Å². The van der Waals surface area contributed by atoms with Crippen molar-refractivity contribution in [3.05, 3.63) is 23.7 Å². The van der Waals surface area contributed by atoms with Crippen LogP contribution in [0.1, 0.15) is 38.1 Å². The van der Waals surface area contributed by atoms with Gasteiger partial charge in [-0.3, -0.25) is 0 Å². The number of alkyl halides is 1. The Kier molecular flexibility index (Phi) is 5.55. The molecule has 0 aliphatic carbocycles. The number of hydrogen-bond acceptors (Lipinski definition) is 3. The molecule has 0 bridgehead atoms. The molecule has 2 aromatic heterocycles. The Morgan fingerprint density at radius 3 is 2.62 bits per heavy atom. The quantitative estimate of drug-likeness (QED) is 0.705. The number of rotatable bonds is 7. The van der Waals surface area contributed by atoms with E-state index in [2.05, 4.69) is 36.6 Å². The Morgan fingerprint density at radius 1 is 1.33 bits per heavy atom. The van der Waals surface area contributed by atoms with Gasteiger partial charge < -0.3 is 4.57 Å². The highest BCUT2D eigenvalue weighted by atomic mass is 35.5. The van der Waals surface area contributed by atoms with Gasteiger partial charge in [0.25, 0.3) is 0 Å². The summed E-state index contributed by atoms with van der Waals surface area (Å²) in [4.78, 5) is 9.38. The van der Waals surface area contributed by atoms with Crippen molar-refractivity contribution in [1.82, 2.24) is 14.5 Å². The Bertz CT molecular complexity index is 597. The molecule has 0 N–H and O–H groups in total. The van der Waals surface area contributed by atoms with Crippen molar-refractivity contribution in [3.63, 3.8) is 0 Å². The Hall–Kier alpha value is -0.740. The van der Waals surface area contributed by atoms with Gasteiger partial charge in [0.15, 0.2) is 5.65 Å². The van der Waals surface area contributed by atoms with Crippen LogP contribution in [0.5, 0.6) is 0 Å². The molecule has 0 saturated heterocycles. The third kappa shape index (κ3) is 3.21. The van der Waals surface area contributed by atoms with Crippen LogP contribution in [0.25, 0.3) is 11.2 Å². The van der Waals surface area contributed by atoms with E-state index in [-0.39, 0.29) is 4.75 Å². The second-order valence-corrected chi connectivity index (χ2v) is 7.10. The minimum atomic E-state index is 0.236. The van der Waals surface area contributed by atoms with E-state index in [4.69, 9.17) is 16.6 Å². The van der Waals surface area contributed by atoms with Crippen molar-refractivity contribution in [2.75, 3.05) is 12.1 Å². The predicted octanol–water partition coefficient (Wildman–Crippen LogP) is 4.44. The summed E-state index contributed by atoms with van der Waals surface area (Å²) < 4.78 is 2.52. The molecule has 0 atom stereocenters. The van der Waals surface area contributed by atoms with Crippen molar-refractivity contribution in [3.8, 4) is 0 Å². The van der Waals surface area contributed by atoms with E-state index < -0.39 is 0 Å². The number of nitrogens with zero attached hydrogens (tertiary/aromatic N) is 3. The normalized spacial score (nSPS) is 12.2. The van der Waals surface area contributed by atoms with Crippen LogP contribution in [0.3, 0.4) is 0 Å². The van der Waals surface area contributed by atoms with Gasteiger partial charge in [0.2, 0.25) is 0 Å². The first-order chi connectivity index (χ1) is 10.1. The standard InChI is InChI=1S/C16H24ClN3S/c1-5-16(6-2,21-4)11-20-13(7-9-17)19-14-12(3)8-10-18-15(14)20/h8,10H,5-7,9,11H2,1-4H3. The molecule has 5 heteroatoms. The molecule has 116 valence electrons. The fourth-order valence-electron chi connectivity index (χ4n) is 2.74. The fourth-order valence-corrected chi connectivity index (χ4v) is 3.74. The maximum atomic E-state index is 5.97. The topological polar surface area (TPSA) is 30.7 Å². The molecule has 2 rings (SSSR count). The Morgan fingerprint density at radius 2 is 2.05 bits per heavy atom. The number of fused-ring (bicyclic) bond motifs is 1. The molecule has 0 fully saturated rings. The van der Waals surface area contributed by atoms with Crippen LogP contribution in [0.2, 0.25) is 0 Å². The van der Waals surface area contributed by atoms with E-state index >= 15 is 0 Å². The summed E-state index contributed by atoms with van der Waals surface area (Å²) in [5.74, 6) is 1.65. The number of aromatic nitrogens is 3. The highest BCUT2D eigenvalue weighted by Crippen LogP contribution is 2.34. The highest BCUT2D eigenvalue weighted by Gasteiger charge is 2.28. The molecule has 0 spiro atoms. The molecular weight excluding hydrogens is 302 g/mol. The summed E-state index contributed by atoms with van der Waals surface area (Å²) in [5, 5.41) is 0. The number of halogens is 1. The van der Waals surface area contributed by atoms with E-state index in [9.17, 15) is 0 Å². The van der Waals surface area contributed by atoms with Crippen LogP contribution in [0.4, 0.5) is 0 Å². The third-order valence-electron chi connectivity index (χ3n) is 4.40. The van der Waals surface area contributed by atoms with Gasteiger partial charge in [-0.15, -0.1) is 11.6 Å². The number of imidazole rings is 1. The third-order valence-corrected chi connectivity index (χ3v) is 6.16. The van der Waals surface area contributed by atoms with Crippen LogP contribution in [0, 0.1) is 6.92 Å². The first-order valence-corrected chi connectivity index (χ1v) is 9.28. The number of hydrogen-bond donors (Lipinski definition) is 0. The Balaban J connectivity index is 2.55. The van der Waals surface area contributed by atoms with E-state index in [0.717, 1.165) is 42.8 Å². The zero-order chi connectivity index (χ0) is 15.5. The molecule has 0 aliphatic rings. The monoisotopic (exact) mass is 325 g/mol. The lowest BCUT2D eigenvalue weighted by Crippen LogP contribution is -2.30. The van der Waals surface area contributed by atoms with Gasteiger partial charge >= 0.3 is 0 Å². The molecular formula is C16H24ClN3S. The van der Waals surface area contributed by atoms with Crippen molar-refractivity contribution in [2.24, 2.45) is 0 Å². The van der Waals surface area contributed by atoms with Gasteiger partial charge in [0, 0.05) is 29.8 Å². The average Bonchev–Trinajstić information content (AvgIpc) is 2.85. The molecule has 0 radical (unpaired) electrons. The maximum Gasteiger partial charge on any atom is 0.160 e. The smallest absolute Gasteiger partial charge is 0.160 e. The summed E-state index contributed by atoms with van der Waals surface area (Å²) in [6.45, 7) is 7.56. The Labute approximate surface area is 136 Å².